The number of para-hydroxylation sites is 1. The molecule has 1 amide bonds. The average Bonchev–Trinajstić information content (AvgIpc) is 3.07. The number of benzene rings is 2. The third-order valence-corrected chi connectivity index (χ3v) is 4.06. The summed E-state index contributed by atoms with van der Waals surface area (Å²) in [5, 5.41) is 17.2. The molecule has 2 aromatic rings. The molecule has 3 rings (SSSR count). The maximum absolute atomic E-state index is 12.3. The maximum Gasteiger partial charge on any atom is 0.278 e. The van der Waals surface area contributed by atoms with Gasteiger partial charge in [0.05, 0.1) is 22.2 Å². The number of nitrogens with zero attached hydrogens (tertiary/aromatic N) is 3. The third-order valence-electron chi connectivity index (χ3n) is 4.06. The predicted molar refractivity (Wildman–Crippen MR) is 90.6 cm³/mol. The normalized spacial score (nSPS) is 16.8. The molecule has 122 valence electrons. The van der Waals surface area contributed by atoms with Crippen molar-refractivity contribution in [2.75, 3.05) is 0 Å². The molecule has 0 aromatic heterocycles. The summed E-state index contributed by atoms with van der Waals surface area (Å²) < 4.78 is 0. The largest absolute Gasteiger partial charge is 0.278 e. The Bertz CT molecular complexity index is 802. The van der Waals surface area contributed by atoms with Gasteiger partial charge in [0.15, 0.2) is 0 Å². The van der Waals surface area contributed by atoms with E-state index >= 15 is 0 Å². The molecular weight excluding hydrogens is 306 g/mol. The van der Waals surface area contributed by atoms with Gasteiger partial charge in [0.1, 0.15) is 0 Å². The van der Waals surface area contributed by atoms with Crippen molar-refractivity contribution in [2.45, 2.75) is 25.8 Å². The highest BCUT2D eigenvalue weighted by molar-refractivity contribution is 6.06. The van der Waals surface area contributed by atoms with Crippen molar-refractivity contribution in [3.8, 4) is 0 Å². The Labute approximate surface area is 139 Å². The lowest BCUT2D eigenvalue weighted by atomic mass is 9.97. The van der Waals surface area contributed by atoms with Crippen LogP contribution < -0.4 is 0 Å². The molecule has 1 aliphatic rings. The second-order valence-corrected chi connectivity index (χ2v) is 5.54. The Morgan fingerprint density at radius 2 is 1.88 bits per heavy atom. The van der Waals surface area contributed by atoms with Crippen molar-refractivity contribution in [3.63, 3.8) is 0 Å². The number of nitro groups is 1. The minimum Gasteiger partial charge on any atom is -0.273 e. The molecule has 24 heavy (non-hydrogen) atoms. The molecule has 0 spiro atoms. The first-order valence-corrected chi connectivity index (χ1v) is 7.80. The number of hydrazone groups is 1. The summed E-state index contributed by atoms with van der Waals surface area (Å²) in [7, 11) is 0. The van der Waals surface area contributed by atoms with E-state index in [-0.39, 0.29) is 17.6 Å². The molecule has 0 bridgehead atoms. The minimum absolute atomic E-state index is 0.00820. The van der Waals surface area contributed by atoms with Crippen molar-refractivity contribution in [2.24, 2.45) is 5.10 Å². The molecule has 0 unspecified atom stereocenters. The van der Waals surface area contributed by atoms with E-state index in [1.54, 1.807) is 25.1 Å². The molecule has 6 nitrogen and oxygen atoms in total. The molecule has 0 fully saturated rings. The van der Waals surface area contributed by atoms with Gasteiger partial charge >= 0.3 is 0 Å². The van der Waals surface area contributed by atoms with Crippen LogP contribution in [-0.4, -0.2) is 21.6 Å². The van der Waals surface area contributed by atoms with E-state index in [1.165, 1.54) is 11.1 Å². The van der Waals surface area contributed by atoms with E-state index in [0.717, 1.165) is 5.56 Å². The minimum atomic E-state index is -0.417. The van der Waals surface area contributed by atoms with Gasteiger partial charge in [0.25, 0.3) is 5.69 Å². The average molecular weight is 323 g/mol. The number of hydrogen-bond acceptors (Lipinski definition) is 4. The smallest absolute Gasteiger partial charge is 0.273 e. The van der Waals surface area contributed by atoms with Crippen LogP contribution in [0.1, 0.15) is 36.9 Å². The van der Waals surface area contributed by atoms with Crippen LogP contribution in [0.15, 0.2) is 59.7 Å². The van der Waals surface area contributed by atoms with E-state index in [9.17, 15) is 14.9 Å². The van der Waals surface area contributed by atoms with E-state index < -0.39 is 4.92 Å². The molecule has 1 atom stereocenters. The van der Waals surface area contributed by atoms with Gasteiger partial charge in [-0.2, -0.15) is 5.10 Å². The maximum atomic E-state index is 12.3. The fourth-order valence-corrected chi connectivity index (χ4v) is 2.88. The van der Waals surface area contributed by atoms with Gasteiger partial charge in [0.2, 0.25) is 5.91 Å². The van der Waals surface area contributed by atoms with Crippen LogP contribution in [-0.2, 0) is 4.79 Å². The topological polar surface area (TPSA) is 75.8 Å². The second kappa shape index (κ2) is 6.62. The van der Waals surface area contributed by atoms with Gasteiger partial charge in [-0.3, -0.25) is 14.9 Å². The summed E-state index contributed by atoms with van der Waals surface area (Å²) in [6.07, 6.45) is 0.789. The summed E-state index contributed by atoms with van der Waals surface area (Å²) in [6.45, 7) is 1.78. The lowest BCUT2D eigenvalue weighted by Crippen LogP contribution is -2.26. The summed E-state index contributed by atoms with van der Waals surface area (Å²) in [5.74, 6) is -0.0996. The Kier molecular flexibility index (Phi) is 4.37. The first-order chi connectivity index (χ1) is 11.6. The summed E-state index contributed by atoms with van der Waals surface area (Å²) in [6, 6.07) is 15.9. The summed E-state index contributed by atoms with van der Waals surface area (Å²) in [5.41, 5.74) is 2.01. The number of amides is 1. The van der Waals surface area contributed by atoms with Crippen LogP contribution in [0.2, 0.25) is 0 Å². The van der Waals surface area contributed by atoms with Gasteiger partial charge < -0.3 is 0 Å². The molecule has 0 aliphatic carbocycles. The lowest BCUT2D eigenvalue weighted by Gasteiger charge is -2.21. The quantitative estimate of drug-likeness (QED) is 0.636. The van der Waals surface area contributed by atoms with Crippen LogP contribution in [0, 0.1) is 10.1 Å². The van der Waals surface area contributed by atoms with Crippen molar-refractivity contribution in [1.29, 1.82) is 0 Å². The lowest BCUT2D eigenvalue weighted by molar-refractivity contribution is -0.385. The van der Waals surface area contributed by atoms with Gasteiger partial charge in [-0.05, 0) is 11.6 Å². The van der Waals surface area contributed by atoms with E-state index in [0.29, 0.717) is 24.1 Å². The zero-order valence-corrected chi connectivity index (χ0v) is 13.3. The molecule has 1 heterocycles. The van der Waals surface area contributed by atoms with Crippen molar-refractivity contribution in [1.82, 2.24) is 5.01 Å². The van der Waals surface area contributed by atoms with Crippen LogP contribution in [0.4, 0.5) is 5.69 Å². The SMILES string of the molecule is CCC(=O)N1N=C(c2ccccc2[N+](=O)[O-])C[C@H]1c1ccccc1. The zero-order valence-electron chi connectivity index (χ0n) is 13.3. The molecule has 0 saturated heterocycles. The number of hydrogen-bond donors (Lipinski definition) is 0. The first kappa shape index (κ1) is 15.9. The standard InChI is InChI=1S/C18H17N3O3/c1-2-18(22)20-17(13-8-4-3-5-9-13)12-15(19-20)14-10-6-7-11-16(14)21(23)24/h3-11,17H,2,12H2,1H3/t17-/m0/s1. The number of carbonyl (C=O) groups excluding carboxylic acids is 1. The van der Waals surface area contributed by atoms with Crippen molar-refractivity contribution < 1.29 is 9.72 Å². The molecule has 6 heteroatoms. The number of carbonyl (C=O) groups is 1. The van der Waals surface area contributed by atoms with Crippen LogP contribution in [0.5, 0.6) is 0 Å². The second-order valence-electron chi connectivity index (χ2n) is 5.54. The van der Waals surface area contributed by atoms with Crippen LogP contribution >= 0.6 is 0 Å². The van der Waals surface area contributed by atoms with E-state index in [1.807, 2.05) is 30.3 Å². The fourth-order valence-electron chi connectivity index (χ4n) is 2.88. The van der Waals surface area contributed by atoms with E-state index in [4.69, 9.17) is 0 Å². The summed E-state index contributed by atoms with van der Waals surface area (Å²) in [4.78, 5) is 23.1. The summed E-state index contributed by atoms with van der Waals surface area (Å²) >= 11 is 0. The molecule has 0 N–H and O–H groups in total. The molecular formula is C18H17N3O3. The van der Waals surface area contributed by atoms with E-state index in [2.05, 4.69) is 5.10 Å². The van der Waals surface area contributed by atoms with Crippen LogP contribution in [0.25, 0.3) is 0 Å². The molecule has 0 radical (unpaired) electrons. The molecule has 1 aliphatic heterocycles. The van der Waals surface area contributed by atoms with Gasteiger partial charge in [-0.15, -0.1) is 0 Å². The number of nitro benzene ring substituents is 1. The van der Waals surface area contributed by atoms with Crippen LogP contribution in [0.3, 0.4) is 0 Å². The van der Waals surface area contributed by atoms with Crippen molar-refractivity contribution >= 4 is 17.3 Å². The Morgan fingerprint density at radius 1 is 1.21 bits per heavy atom. The van der Waals surface area contributed by atoms with Gasteiger partial charge in [-0.25, -0.2) is 5.01 Å². The van der Waals surface area contributed by atoms with Crippen molar-refractivity contribution in [3.05, 3.63) is 75.8 Å². The molecule has 0 saturated carbocycles. The Hall–Kier alpha value is -3.02. The highest BCUT2D eigenvalue weighted by Crippen LogP contribution is 2.35. The Morgan fingerprint density at radius 3 is 2.54 bits per heavy atom. The van der Waals surface area contributed by atoms with Gasteiger partial charge in [0, 0.05) is 18.9 Å². The number of rotatable bonds is 4. The van der Waals surface area contributed by atoms with Gasteiger partial charge in [-0.1, -0.05) is 49.4 Å². The third kappa shape index (κ3) is 2.90. The zero-order chi connectivity index (χ0) is 17.1. The highest BCUT2D eigenvalue weighted by Gasteiger charge is 2.34. The highest BCUT2D eigenvalue weighted by atomic mass is 16.6. The monoisotopic (exact) mass is 323 g/mol. The predicted octanol–water partition coefficient (Wildman–Crippen LogP) is 3.68. The Balaban J connectivity index is 2.02. The fraction of sp³-hybridized carbons (Fsp3) is 0.222. The first-order valence-electron chi connectivity index (χ1n) is 7.80. The molecule has 2 aromatic carbocycles.